The van der Waals surface area contributed by atoms with Crippen LogP contribution in [0.5, 0.6) is 0 Å². The van der Waals surface area contributed by atoms with Crippen molar-refractivity contribution < 1.29 is 18.1 Å². The van der Waals surface area contributed by atoms with Crippen molar-refractivity contribution in [2.75, 3.05) is 6.54 Å². The second-order valence-corrected chi connectivity index (χ2v) is 5.54. The lowest BCUT2D eigenvalue weighted by molar-refractivity contribution is -0.123. The van der Waals surface area contributed by atoms with Gasteiger partial charge < -0.3 is 9.84 Å². The van der Waals surface area contributed by atoms with E-state index in [0.717, 1.165) is 11.1 Å². The van der Waals surface area contributed by atoms with Crippen LogP contribution in [0.15, 0.2) is 28.8 Å². The minimum atomic E-state index is -2.84. The molecule has 0 radical (unpaired) electrons. The van der Waals surface area contributed by atoms with Gasteiger partial charge in [-0.1, -0.05) is 23.4 Å². The molecule has 1 unspecified atom stereocenters. The van der Waals surface area contributed by atoms with Crippen molar-refractivity contribution in [1.82, 2.24) is 20.8 Å². The van der Waals surface area contributed by atoms with Gasteiger partial charge in [-0.15, -0.1) is 12.4 Å². The van der Waals surface area contributed by atoms with Crippen molar-refractivity contribution >= 4 is 18.3 Å². The quantitative estimate of drug-likeness (QED) is 0.874. The van der Waals surface area contributed by atoms with Crippen LogP contribution in [0.2, 0.25) is 0 Å². The standard InChI is InChI=1S/C15H16F2N4O2.ClH/c1-9-4-2-3-5-10(9)14-20-12(21-23-14)7-18-13(22)11-6-15(16,17)8-19-11;/h2-5,11,19H,6-8H2,1H3,(H,18,22);1H. The molecule has 0 spiro atoms. The Labute approximate surface area is 143 Å². The third-order valence-electron chi connectivity index (χ3n) is 3.69. The predicted octanol–water partition coefficient (Wildman–Crippen LogP) is 2.08. The summed E-state index contributed by atoms with van der Waals surface area (Å²) < 4.78 is 31.3. The first-order chi connectivity index (χ1) is 10.9. The largest absolute Gasteiger partial charge is 0.347 e. The van der Waals surface area contributed by atoms with Crippen molar-refractivity contribution in [2.24, 2.45) is 0 Å². The van der Waals surface area contributed by atoms with Gasteiger partial charge in [-0.05, 0) is 18.6 Å². The molecule has 1 atom stereocenters. The fourth-order valence-electron chi connectivity index (χ4n) is 2.44. The van der Waals surface area contributed by atoms with E-state index in [-0.39, 0.29) is 19.0 Å². The average Bonchev–Trinajstić information content (AvgIpc) is 3.12. The van der Waals surface area contributed by atoms with E-state index >= 15 is 0 Å². The zero-order chi connectivity index (χ0) is 16.4. The first kappa shape index (κ1) is 18.3. The highest BCUT2D eigenvalue weighted by atomic mass is 35.5. The van der Waals surface area contributed by atoms with Crippen LogP contribution in [-0.2, 0) is 11.3 Å². The molecular weight excluding hydrogens is 342 g/mol. The molecule has 1 amide bonds. The molecule has 1 aromatic heterocycles. The molecule has 2 aromatic rings. The number of amides is 1. The molecule has 2 N–H and O–H groups in total. The van der Waals surface area contributed by atoms with Crippen LogP contribution < -0.4 is 10.6 Å². The van der Waals surface area contributed by atoms with E-state index in [4.69, 9.17) is 4.52 Å². The molecule has 1 saturated heterocycles. The van der Waals surface area contributed by atoms with Crippen LogP contribution in [-0.4, -0.2) is 34.6 Å². The Balaban J connectivity index is 0.00000208. The second-order valence-electron chi connectivity index (χ2n) is 5.54. The minimum absolute atomic E-state index is 0. The predicted molar refractivity (Wildman–Crippen MR) is 84.9 cm³/mol. The number of nitrogens with zero attached hydrogens (tertiary/aromatic N) is 2. The van der Waals surface area contributed by atoms with Crippen molar-refractivity contribution in [3.05, 3.63) is 35.7 Å². The molecule has 9 heteroatoms. The van der Waals surface area contributed by atoms with Crippen molar-refractivity contribution in [3.8, 4) is 11.5 Å². The number of carbonyl (C=O) groups is 1. The molecule has 1 aliphatic rings. The molecule has 3 rings (SSSR count). The molecule has 1 fully saturated rings. The summed E-state index contributed by atoms with van der Waals surface area (Å²) in [6, 6.07) is 6.65. The highest BCUT2D eigenvalue weighted by molar-refractivity contribution is 5.85. The first-order valence-electron chi connectivity index (χ1n) is 7.22. The van der Waals surface area contributed by atoms with E-state index in [0.29, 0.717) is 11.7 Å². The van der Waals surface area contributed by atoms with Gasteiger partial charge in [0, 0.05) is 12.0 Å². The molecule has 1 aromatic carbocycles. The summed E-state index contributed by atoms with van der Waals surface area (Å²) >= 11 is 0. The Morgan fingerprint density at radius 2 is 2.21 bits per heavy atom. The molecule has 130 valence electrons. The Morgan fingerprint density at radius 3 is 2.88 bits per heavy atom. The highest BCUT2D eigenvalue weighted by Crippen LogP contribution is 2.25. The van der Waals surface area contributed by atoms with Crippen molar-refractivity contribution in [3.63, 3.8) is 0 Å². The fraction of sp³-hybridized carbons (Fsp3) is 0.400. The van der Waals surface area contributed by atoms with Crippen molar-refractivity contribution in [2.45, 2.75) is 31.9 Å². The van der Waals surface area contributed by atoms with Gasteiger partial charge in [0.05, 0.1) is 19.1 Å². The molecule has 6 nitrogen and oxygen atoms in total. The summed E-state index contributed by atoms with van der Waals surface area (Å²) in [5.74, 6) is -2.68. The van der Waals surface area contributed by atoms with Crippen LogP contribution in [0.3, 0.4) is 0 Å². The molecule has 2 heterocycles. The third-order valence-corrected chi connectivity index (χ3v) is 3.69. The van der Waals surface area contributed by atoms with E-state index < -0.39 is 30.8 Å². The summed E-state index contributed by atoms with van der Waals surface area (Å²) in [7, 11) is 0. The zero-order valence-corrected chi connectivity index (χ0v) is 13.7. The van der Waals surface area contributed by atoms with Gasteiger partial charge in [0.2, 0.25) is 5.91 Å². The monoisotopic (exact) mass is 358 g/mol. The second kappa shape index (κ2) is 7.23. The van der Waals surface area contributed by atoms with Gasteiger partial charge in [-0.25, -0.2) is 8.78 Å². The van der Waals surface area contributed by atoms with Crippen molar-refractivity contribution in [1.29, 1.82) is 0 Å². The lowest BCUT2D eigenvalue weighted by atomic mass is 10.1. The summed E-state index contributed by atoms with van der Waals surface area (Å²) in [5, 5.41) is 8.82. The number of rotatable bonds is 4. The maximum atomic E-state index is 13.1. The minimum Gasteiger partial charge on any atom is -0.347 e. The first-order valence-corrected chi connectivity index (χ1v) is 7.22. The molecule has 1 aliphatic heterocycles. The summed E-state index contributed by atoms with van der Waals surface area (Å²) in [6.07, 6.45) is -0.500. The van der Waals surface area contributed by atoms with Gasteiger partial charge in [0.1, 0.15) is 0 Å². The number of aromatic nitrogens is 2. The van der Waals surface area contributed by atoms with E-state index in [1.54, 1.807) is 0 Å². The van der Waals surface area contributed by atoms with E-state index in [1.165, 1.54) is 0 Å². The summed E-state index contributed by atoms with van der Waals surface area (Å²) in [6.45, 7) is 1.47. The third kappa shape index (κ3) is 4.07. The number of hydrogen-bond acceptors (Lipinski definition) is 5. The van der Waals surface area contributed by atoms with E-state index in [2.05, 4.69) is 20.8 Å². The van der Waals surface area contributed by atoms with Crippen LogP contribution in [0.1, 0.15) is 17.8 Å². The van der Waals surface area contributed by atoms with Gasteiger partial charge in [0.25, 0.3) is 11.8 Å². The highest BCUT2D eigenvalue weighted by Gasteiger charge is 2.42. The SMILES string of the molecule is Cc1ccccc1-c1nc(CNC(=O)C2CC(F)(F)CN2)no1.Cl. The Bertz CT molecular complexity index is 723. The average molecular weight is 359 g/mol. The Hall–Kier alpha value is -2.06. The van der Waals surface area contributed by atoms with E-state index in [1.807, 2.05) is 31.2 Å². The topological polar surface area (TPSA) is 80.0 Å². The number of benzene rings is 1. The lowest BCUT2D eigenvalue weighted by Crippen LogP contribution is -2.40. The number of nitrogens with one attached hydrogen (secondary N) is 2. The molecular formula is C15H17ClF2N4O2. The lowest BCUT2D eigenvalue weighted by Gasteiger charge is -2.09. The summed E-state index contributed by atoms with van der Waals surface area (Å²) in [5.41, 5.74) is 1.80. The maximum absolute atomic E-state index is 13.1. The smallest absolute Gasteiger partial charge is 0.262 e. The molecule has 0 aliphatic carbocycles. The number of halogens is 3. The maximum Gasteiger partial charge on any atom is 0.262 e. The number of carbonyl (C=O) groups excluding carboxylic acids is 1. The van der Waals surface area contributed by atoms with Crippen LogP contribution in [0.25, 0.3) is 11.5 Å². The molecule has 0 saturated carbocycles. The number of aryl methyl sites for hydroxylation is 1. The van der Waals surface area contributed by atoms with Gasteiger partial charge in [-0.3, -0.25) is 10.1 Å². The van der Waals surface area contributed by atoms with E-state index in [9.17, 15) is 13.6 Å². The summed E-state index contributed by atoms with van der Waals surface area (Å²) in [4.78, 5) is 16.1. The van der Waals surface area contributed by atoms with Crippen LogP contribution >= 0.6 is 12.4 Å². The number of alkyl halides is 2. The van der Waals surface area contributed by atoms with Gasteiger partial charge >= 0.3 is 0 Å². The van der Waals surface area contributed by atoms with Gasteiger partial charge in [0.15, 0.2) is 5.82 Å². The Kier molecular flexibility index (Phi) is 5.51. The van der Waals surface area contributed by atoms with Crippen LogP contribution in [0.4, 0.5) is 8.78 Å². The van der Waals surface area contributed by atoms with Crippen LogP contribution in [0, 0.1) is 6.92 Å². The van der Waals surface area contributed by atoms with Gasteiger partial charge in [-0.2, -0.15) is 4.98 Å². The normalized spacial score (nSPS) is 18.9. The zero-order valence-electron chi connectivity index (χ0n) is 12.9. The molecule has 0 bridgehead atoms. The molecule has 24 heavy (non-hydrogen) atoms. The Morgan fingerprint density at radius 1 is 1.46 bits per heavy atom. The fourth-order valence-corrected chi connectivity index (χ4v) is 2.44. The number of hydrogen-bond donors (Lipinski definition) is 2.